The number of carboxylic acid groups (broad SMARTS) is 1. The molecule has 25 heavy (non-hydrogen) atoms. The lowest BCUT2D eigenvalue weighted by Crippen LogP contribution is -2.67. The fraction of sp³-hybridized carbons (Fsp3) is 0.800. The van der Waals surface area contributed by atoms with Crippen molar-refractivity contribution in [3.8, 4) is 0 Å². The molecule has 1 aliphatic rings. The van der Waals surface area contributed by atoms with Crippen LogP contribution in [0.15, 0.2) is 0 Å². The predicted octanol–water partition coefficient (Wildman–Crippen LogP) is -1.24. The highest BCUT2D eigenvalue weighted by molar-refractivity contribution is 5.71. The number of carbonyl (C=O) groups is 2. The summed E-state index contributed by atoms with van der Waals surface area (Å²) in [6.07, 6.45) is -0.681. The number of hydrazine groups is 2. The number of hydrogen-bond donors (Lipinski definition) is 1. The number of carboxylic acids is 1. The van der Waals surface area contributed by atoms with Crippen molar-refractivity contribution in [2.45, 2.75) is 24.8 Å². The summed E-state index contributed by atoms with van der Waals surface area (Å²) < 4.78 is 4.71. The maximum atomic E-state index is 11.5. The fourth-order valence-corrected chi connectivity index (χ4v) is 2.17. The molecule has 0 unspecified atom stereocenters. The Morgan fingerprint density at radius 3 is 1.96 bits per heavy atom. The Morgan fingerprint density at radius 1 is 1.04 bits per heavy atom. The molecule has 0 aliphatic carbocycles. The Morgan fingerprint density at radius 2 is 1.56 bits per heavy atom. The number of aliphatic carboxylic acids is 1. The van der Waals surface area contributed by atoms with E-state index in [4.69, 9.17) is 9.84 Å². The van der Waals surface area contributed by atoms with Crippen LogP contribution in [0.5, 0.6) is 0 Å². The molecule has 1 heterocycles. The molecule has 0 spiro atoms. The molecule has 0 atom stereocenters. The summed E-state index contributed by atoms with van der Waals surface area (Å²) in [4.78, 5) is 54.0. The molecule has 1 saturated heterocycles. The average molecular weight is 365 g/mol. The number of rotatable bonds is 9. The molecule has 140 valence electrons. The third kappa shape index (κ3) is 5.40. The molecule has 1 aliphatic heterocycles. The van der Waals surface area contributed by atoms with E-state index in [-0.39, 0.29) is 29.3 Å². The minimum atomic E-state index is -2.26. The second kappa shape index (κ2) is 8.02. The predicted molar refractivity (Wildman–Crippen MR) is 74.4 cm³/mol. The monoisotopic (exact) mass is 365 g/mol. The lowest BCUT2D eigenvalue weighted by atomic mass is 9.99. The lowest BCUT2D eigenvalue weighted by Gasteiger charge is -2.33. The molecule has 0 aromatic rings. The van der Waals surface area contributed by atoms with Crippen molar-refractivity contribution in [2.24, 2.45) is 0 Å². The summed E-state index contributed by atoms with van der Waals surface area (Å²) in [6.45, 7) is -3.26. The highest BCUT2D eigenvalue weighted by atomic mass is 16.7. The van der Waals surface area contributed by atoms with Gasteiger partial charge in [0, 0.05) is 17.8 Å². The maximum absolute atomic E-state index is 11.5. The van der Waals surface area contributed by atoms with Gasteiger partial charge >= 0.3 is 17.5 Å². The van der Waals surface area contributed by atoms with Crippen molar-refractivity contribution in [1.82, 2.24) is 10.0 Å². The van der Waals surface area contributed by atoms with Gasteiger partial charge < -0.3 is 9.84 Å². The second-order valence-corrected chi connectivity index (χ2v) is 5.34. The van der Waals surface area contributed by atoms with Crippen LogP contribution in [0.4, 0.5) is 0 Å². The first kappa shape index (κ1) is 19.8. The van der Waals surface area contributed by atoms with Crippen molar-refractivity contribution >= 4 is 11.9 Å². The van der Waals surface area contributed by atoms with Gasteiger partial charge in [0.05, 0.1) is 0 Å². The first-order chi connectivity index (χ1) is 11.6. The minimum absolute atomic E-state index is 0.0539. The van der Waals surface area contributed by atoms with Gasteiger partial charge in [-0.2, -0.15) is 0 Å². The van der Waals surface area contributed by atoms with Crippen LogP contribution in [-0.2, 0) is 14.3 Å². The van der Waals surface area contributed by atoms with Crippen LogP contribution in [0.3, 0.4) is 0 Å². The molecule has 0 amide bonds. The van der Waals surface area contributed by atoms with Crippen LogP contribution < -0.4 is 0 Å². The van der Waals surface area contributed by atoms with Crippen molar-refractivity contribution < 1.29 is 34.4 Å². The van der Waals surface area contributed by atoms with Crippen LogP contribution in [0.2, 0.25) is 0 Å². The van der Waals surface area contributed by atoms with Crippen molar-refractivity contribution in [1.29, 1.82) is 0 Å². The Hall–Kier alpha value is -3.26. The second-order valence-electron chi connectivity index (χ2n) is 5.34. The Kier molecular flexibility index (Phi) is 6.35. The third-order valence-corrected chi connectivity index (χ3v) is 3.40. The van der Waals surface area contributed by atoms with Crippen LogP contribution in [0.25, 0.3) is 0 Å². The van der Waals surface area contributed by atoms with E-state index in [9.17, 15) is 39.9 Å². The number of carbonyl (C=O) groups excluding carboxylic acids is 1. The summed E-state index contributed by atoms with van der Waals surface area (Å²) >= 11 is 0. The van der Waals surface area contributed by atoms with Crippen molar-refractivity contribution in [3.63, 3.8) is 0 Å². The van der Waals surface area contributed by atoms with Gasteiger partial charge in [0.15, 0.2) is 29.8 Å². The van der Waals surface area contributed by atoms with E-state index in [2.05, 4.69) is 0 Å². The molecule has 1 rings (SSSR count). The number of nitrogens with zero attached hydrogens (tertiary/aromatic N) is 5. The van der Waals surface area contributed by atoms with Crippen LogP contribution >= 0.6 is 0 Å². The van der Waals surface area contributed by atoms with E-state index in [1.165, 1.54) is 0 Å². The summed E-state index contributed by atoms with van der Waals surface area (Å²) in [5, 5.41) is 40.1. The summed E-state index contributed by atoms with van der Waals surface area (Å²) in [6, 6.07) is 0. The SMILES string of the molecule is O=C(O)CCCC(=O)OCC1([N+](=O)[O-])CN([N+](=O)[O-])CN([N+](=O)[O-])C1. The molecule has 0 saturated carbocycles. The quantitative estimate of drug-likeness (QED) is 0.290. The molecular weight excluding hydrogens is 350 g/mol. The number of nitro groups is 3. The first-order valence-corrected chi connectivity index (χ1v) is 6.88. The van der Waals surface area contributed by atoms with Crippen molar-refractivity contribution in [2.75, 3.05) is 26.4 Å². The van der Waals surface area contributed by atoms with Crippen LogP contribution in [-0.4, -0.2) is 74.0 Å². The van der Waals surface area contributed by atoms with Gasteiger partial charge in [-0.1, -0.05) is 10.0 Å². The Bertz CT molecular complexity index is 558. The molecule has 15 nitrogen and oxygen atoms in total. The van der Waals surface area contributed by atoms with Gasteiger partial charge in [-0.05, 0) is 6.42 Å². The largest absolute Gasteiger partial charge is 0.481 e. The zero-order valence-corrected chi connectivity index (χ0v) is 12.8. The van der Waals surface area contributed by atoms with E-state index in [0.717, 1.165) is 0 Å². The van der Waals surface area contributed by atoms with Gasteiger partial charge in [-0.3, -0.25) is 19.7 Å². The Labute approximate surface area is 139 Å². The van der Waals surface area contributed by atoms with Crippen molar-refractivity contribution in [3.05, 3.63) is 30.3 Å². The molecular formula is C10H15N5O10. The highest BCUT2D eigenvalue weighted by Gasteiger charge is 2.57. The van der Waals surface area contributed by atoms with Gasteiger partial charge in [-0.15, -0.1) is 0 Å². The fourth-order valence-electron chi connectivity index (χ4n) is 2.17. The number of esters is 1. The summed E-state index contributed by atoms with van der Waals surface area (Å²) in [5.41, 5.74) is -2.26. The molecule has 1 N–H and O–H groups in total. The number of hydrogen-bond acceptors (Lipinski definition) is 9. The van der Waals surface area contributed by atoms with E-state index in [0.29, 0.717) is 0 Å². The van der Waals surface area contributed by atoms with E-state index >= 15 is 0 Å². The normalized spacial score (nSPS) is 16.2. The molecule has 0 radical (unpaired) electrons. The van der Waals surface area contributed by atoms with Gasteiger partial charge in [0.2, 0.25) is 6.67 Å². The molecule has 0 aromatic heterocycles. The topological polar surface area (TPSA) is 200 Å². The van der Waals surface area contributed by atoms with Crippen LogP contribution in [0, 0.1) is 30.3 Å². The Balaban J connectivity index is 2.82. The standard InChI is InChI=1S/C10H15N5O10/c16-8(17)2-1-3-9(18)25-6-10(13(19)20)4-11(14(21)22)7-12(5-10)15(23)24/h1-7H2,(H,16,17). The lowest BCUT2D eigenvalue weighted by molar-refractivity contribution is -0.744. The van der Waals surface area contributed by atoms with Gasteiger partial charge in [0.25, 0.3) is 0 Å². The summed E-state index contributed by atoms with van der Waals surface area (Å²) in [5.74, 6) is -2.07. The van der Waals surface area contributed by atoms with E-state index < -0.39 is 58.8 Å². The van der Waals surface area contributed by atoms with Gasteiger partial charge in [0.1, 0.15) is 0 Å². The minimum Gasteiger partial charge on any atom is -0.481 e. The van der Waals surface area contributed by atoms with E-state index in [1.807, 2.05) is 0 Å². The zero-order chi connectivity index (χ0) is 19.2. The highest BCUT2D eigenvalue weighted by Crippen LogP contribution is 2.21. The third-order valence-electron chi connectivity index (χ3n) is 3.40. The summed E-state index contributed by atoms with van der Waals surface area (Å²) in [7, 11) is 0. The zero-order valence-electron chi connectivity index (χ0n) is 12.8. The molecule has 0 bridgehead atoms. The number of ether oxygens (including phenoxy) is 1. The molecule has 0 aromatic carbocycles. The van der Waals surface area contributed by atoms with Gasteiger partial charge in [-0.25, -0.2) is 20.2 Å². The molecule has 15 heteroatoms. The van der Waals surface area contributed by atoms with E-state index in [1.54, 1.807) is 0 Å². The first-order valence-electron chi connectivity index (χ1n) is 6.88. The average Bonchev–Trinajstić information content (AvgIpc) is 2.52. The molecule has 1 fully saturated rings. The smallest absolute Gasteiger partial charge is 0.306 e. The van der Waals surface area contributed by atoms with Crippen LogP contribution in [0.1, 0.15) is 19.3 Å². The maximum Gasteiger partial charge on any atom is 0.306 e.